The van der Waals surface area contributed by atoms with E-state index in [1.54, 1.807) is 0 Å². The van der Waals surface area contributed by atoms with Gasteiger partial charge in [-0.05, 0) is 25.8 Å². The lowest BCUT2D eigenvalue weighted by Crippen LogP contribution is -2.50. The van der Waals surface area contributed by atoms with Crippen molar-refractivity contribution in [2.45, 2.75) is 52.0 Å². The van der Waals surface area contributed by atoms with E-state index in [2.05, 4.69) is 15.0 Å². The third kappa shape index (κ3) is 3.85. The molecule has 0 aromatic rings. The molecule has 1 heterocycles. The summed E-state index contributed by atoms with van der Waals surface area (Å²) in [7, 11) is 0. The highest BCUT2D eigenvalue weighted by Crippen LogP contribution is 2.25. The average Bonchev–Trinajstić information content (AvgIpc) is 2.99. The fraction of sp³-hybridized carbons (Fsp3) is 0.933. The van der Waals surface area contributed by atoms with Crippen LogP contribution < -0.4 is 5.73 Å². The van der Waals surface area contributed by atoms with Gasteiger partial charge in [0.1, 0.15) is 5.84 Å². The fourth-order valence-electron chi connectivity index (χ4n) is 3.32. The number of rotatable bonds is 5. The van der Waals surface area contributed by atoms with Gasteiger partial charge >= 0.3 is 0 Å². The third-order valence-corrected chi connectivity index (χ3v) is 5.10. The van der Waals surface area contributed by atoms with E-state index in [4.69, 9.17) is 10.9 Å². The van der Waals surface area contributed by atoms with Gasteiger partial charge < -0.3 is 15.8 Å². The molecule has 0 aromatic carbocycles. The van der Waals surface area contributed by atoms with E-state index in [9.17, 15) is 0 Å². The Bertz CT molecular complexity index is 329. The summed E-state index contributed by atoms with van der Waals surface area (Å²) in [5.41, 5.74) is 5.52. The van der Waals surface area contributed by atoms with Crippen LogP contribution in [0, 0.1) is 5.41 Å². The maximum absolute atomic E-state index is 8.81. The quantitative estimate of drug-likeness (QED) is 0.349. The van der Waals surface area contributed by atoms with Gasteiger partial charge in [0.25, 0.3) is 0 Å². The van der Waals surface area contributed by atoms with Gasteiger partial charge in [0, 0.05) is 37.6 Å². The number of piperazine rings is 1. The van der Waals surface area contributed by atoms with Gasteiger partial charge in [0.15, 0.2) is 0 Å². The lowest BCUT2D eigenvalue weighted by atomic mass is 9.88. The van der Waals surface area contributed by atoms with Crippen LogP contribution in [0.2, 0.25) is 0 Å². The van der Waals surface area contributed by atoms with Gasteiger partial charge in [0.2, 0.25) is 0 Å². The van der Waals surface area contributed by atoms with E-state index in [0.29, 0.717) is 5.84 Å². The van der Waals surface area contributed by atoms with Crippen molar-refractivity contribution in [1.29, 1.82) is 0 Å². The molecule has 116 valence electrons. The van der Waals surface area contributed by atoms with Crippen LogP contribution in [0.1, 0.15) is 46.0 Å². The predicted molar refractivity (Wildman–Crippen MR) is 82.1 cm³/mol. The summed E-state index contributed by atoms with van der Waals surface area (Å²) in [6.45, 7) is 9.82. The first-order chi connectivity index (χ1) is 9.53. The molecule has 2 aliphatic rings. The smallest absolute Gasteiger partial charge is 0.144 e. The molecule has 1 saturated carbocycles. The standard InChI is InChI=1S/C15H30N4O/c1-15(2,14(16)17-20)7-8-18-9-11-19(12-10-18)13-5-3-4-6-13/h13,20H,3-12H2,1-2H3,(H2,16,17). The first-order valence-corrected chi connectivity index (χ1v) is 7.97. The first kappa shape index (κ1) is 15.6. The highest BCUT2D eigenvalue weighted by molar-refractivity contribution is 5.85. The van der Waals surface area contributed by atoms with Crippen molar-refractivity contribution in [2.75, 3.05) is 32.7 Å². The molecule has 5 nitrogen and oxygen atoms in total. The van der Waals surface area contributed by atoms with Crippen LogP contribution in [-0.4, -0.2) is 59.6 Å². The number of nitrogens with zero attached hydrogens (tertiary/aromatic N) is 3. The van der Waals surface area contributed by atoms with E-state index in [-0.39, 0.29) is 5.41 Å². The van der Waals surface area contributed by atoms with Crippen LogP contribution in [0.15, 0.2) is 5.16 Å². The second kappa shape index (κ2) is 6.76. The Morgan fingerprint density at radius 2 is 1.80 bits per heavy atom. The Morgan fingerprint density at radius 1 is 1.20 bits per heavy atom. The zero-order valence-electron chi connectivity index (χ0n) is 13.0. The maximum Gasteiger partial charge on any atom is 0.144 e. The maximum atomic E-state index is 8.81. The van der Waals surface area contributed by atoms with Crippen molar-refractivity contribution in [2.24, 2.45) is 16.3 Å². The molecule has 3 N–H and O–H groups in total. The van der Waals surface area contributed by atoms with Gasteiger partial charge in [-0.1, -0.05) is 31.8 Å². The molecular formula is C15H30N4O. The molecule has 2 fully saturated rings. The topological polar surface area (TPSA) is 65.1 Å². The van der Waals surface area contributed by atoms with E-state index in [0.717, 1.165) is 32.1 Å². The molecule has 1 aliphatic heterocycles. The second-order valence-corrected chi connectivity index (χ2v) is 6.94. The molecule has 0 bridgehead atoms. The Morgan fingerprint density at radius 3 is 2.35 bits per heavy atom. The fourth-order valence-corrected chi connectivity index (χ4v) is 3.32. The summed E-state index contributed by atoms with van der Waals surface area (Å²) in [6, 6.07) is 0.853. The summed E-state index contributed by atoms with van der Waals surface area (Å²) in [6.07, 6.45) is 6.57. The minimum Gasteiger partial charge on any atom is -0.409 e. The molecule has 0 unspecified atom stereocenters. The molecular weight excluding hydrogens is 252 g/mol. The first-order valence-electron chi connectivity index (χ1n) is 7.97. The lowest BCUT2D eigenvalue weighted by Gasteiger charge is -2.39. The summed E-state index contributed by atoms with van der Waals surface area (Å²) >= 11 is 0. The van der Waals surface area contributed by atoms with Crippen molar-refractivity contribution < 1.29 is 5.21 Å². The molecule has 20 heavy (non-hydrogen) atoms. The zero-order valence-corrected chi connectivity index (χ0v) is 13.0. The second-order valence-electron chi connectivity index (χ2n) is 6.94. The van der Waals surface area contributed by atoms with Crippen LogP contribution in [0.4, 0.5) is 0 Å². The minimum atomic E-state index is -0.225. The van der Waals surface area contributed by atoms with Crippen molar-refractivity contribution in [3.63, 3.8) is 0 Å². The molecule has 0 spiro atoms. The summed E-state index contributed by atoms with van der Waals surface area (Å²) in [5.74, 6) is 0.335. The summed E-state index contributed by atoms with van der Waals surface area (Å²) in [5, 5.41) is 12.0. The summed E-state index contributed by atoms with van der Waals surface area (Å²) in [4.78, 5) is 5.19. The van der Waals surface area contributed by atoms with Crippen LogP contribution in [0.25, 0.3) is 0 Å². The van der Waals surface area contributed by atoms with Gasteiger partial charge in [-0.3, -0.25) is 4.90 Å². The predicted octanol–water partition coefficient (Wildman–Crippen LogP) is 1.71. The van der Waals surface area contributed by atoms with E-state index in [1.807, 2.05) is 13.8 Å². The number of oxime groups is 1. The van der Waals surface area contributed by atoms with E-state index < -0.39 is 0 Å². The van der Waals surface area contributed by atoms with Crippen LogP contribution in [0.3, 0.4) is 0 Å². The van der Waals surface area contributed by atoms with Crippen LogP contribution in [0.5, 0.6) is 0 Å². The van der Waals surface area contributed by atoms with E-state index in [1.165, 1.54) is 38.8 Å². The number of hydrogen-bond acceptors (Lipinski definition) is 4. The van der Waals surface area contributed by atoms with E-state index >= 15 is 0 Å². The Kier molecular flexibility index (Phi) is 5.27. The molecule has 0 aromatic heterocycles. The van der Waals surface area contributed by atoms with Crippen LogP contribution >= 0.6 is 0 Å². The van der Waals surface area contributed by atoms with Crippen molar-refractivity contribution in [3.8, 4) is 0 Å². The average molecular weight is 282 g/mol. The number of amidine groups is 1. The zero-order chi connectivity index (χ0) is 14.6. The van der Waals surface area contributed by atoms with Gasteiger partial charge in [-0.15, -0.1) is 0 Å². The van der Waals surface area contributed by atoms with Crippen molar-refractivity contribution >= 4 is 5.84 Å². The molecule has 2 rings (SSSR count). The molecule has 1 saturated heterocycles. The normalized spacial score (nSPS) is 24.4. The Balaban J connectivity index is 1.71. The number of hydrogen-bond donors (Lipinski definition) is 2. The lowest BCUT2D eigenvalue weighted by molar-refractivity contribution is 0.0929. The summed E-state index contributed by atoms with van der Waals surface area (Å²) < 4.78 is 0. The molecule has 0 radical (unpaired) electrons. The van der Waals surface area contributed by atoms with Gasteiger partial charge in [-0.25, -0.2) is 0 Å². The third-order valence-electron chi connectivity index (χ3n) is 5.10. The van der Waals surface area contributed by atoms with Crippen molar-refractivity contribution in [1.82, 2.24) is 9.80 Å². The van der Waals surface area contributed by atoms with Gasteiger partial charge in [0.05, 0.1) is 0 Å². The molecule has 0 atom stereocenters. The Hall–Kier alpha value is -0.810. The number of nitrogens with two attached hydrogens (primary N) is 1. The Labute approximate surface area is 122 Å². The molecule has 1 aliphatic carbocycles. The molecule has 5 heteroatoms. The SMILES string of the molecule is CC(C)(CCN1CCN(C2CCCC2)CC1)C(N)=NO. The van der Waals surface area contributed by atoms with Crippen LogP contribution in [-0.2, 0) is 0 Å². The largest absolute Gasteiger partial charge is 0.409 e. The highest BCUT2D eigenvalue weighted by Gasteiger charge is 2.28. The monoisotopic (exact) mass is 282 g/mol. The highest BCUT2D eigenvalue weighted by atomic mass is 16.4. The van der Waals surface area contributed by atoms with Crippen molar-refractivity contribution in [3.05, 3.63) is 0 Å². The van der Waals surface area contributed by atoms with Gasteiger partial charge in [-0.2, -0.15) is 0 Å². The molecule has 0 amide bonds. The minimum absolute atomic E-state index is 0.225.